The van der Waals surface area contributed by atoms with Crippen LogP contribution in [0.25, 0.3) is 0 Å². The van der Waals surface area contributed by atoms with E-state index in [1.54, 1.807) is 0 Å². The van der Waals surface area contributed by atoms with E-state index in [4.69, 9.17) is 0 Å². The zero-order chi connectivity index (χ0) is 15.6. The number of hydrogen-bond donors (Lipinski definition) is 2. The maximum atomic E-state index is 4.35. The van der Waals surface area contributed by atoms with Crippen molar-refractivity contribution in [3.05, 3.63) is 17.5 Å². The molecule has 1 aromatic heterocycles. The summed E-state index contributed by atoms with van der Waals surface area (Å²) >= 11 is 3.75. The number of thioether (sulfide) groups is 1. The predicted octanol–water partition coefficient (Wildman–Crippen LogP) is 3.64. The van der Waals surface area contributed by atoms with Gasteiger partial charge in [-0.05, 0) is 55.2 Å². The first-order chi connectivity index (χ1) is 10.8. The fourth-order valence-electron chi connectivity index (χ4n) is 2.66. The first-order valence-electron chi connectivity index (χ1n) is 8.08. The highest BCUT2D eigenvalue weighted by Crippen LogP contribution is 2.24. The van der Waals surface area contributed by atoms with Crippen LogP contribution >= 0.6 is 47.1 Å². The molecule has 132 valence electrons. The first-order valence-corrected chi connectivity index (χ1v) is 10.4. The monoisotopic (exact) mass is 468 g/mol. The molecule has 1 aromatic rings. The van der Waals surface area contributed by atoms with E-state index in [9.17, 15) is 0 Å². The second-order valence-corrected chi connectivity index (χ2v) is 7.47. The molecule has 1 aliphatic heterocycles. The van der Waals surface area contributed by atoms with E-state index in [-0.39, 0.29) is 24.0 Å². The Labute approximate surface area is 165 Å². The number of piperidine rings is 1. The number of nitrogens with zero attached hydrogens (tertiary/aromatic N) is 2. The summed E-state index contributed by atoms with van der Waals surface area (Å²) in [6, 6.07) is 4.88. The Kier molecular flexibility index (Phi) is 11.1. The number of hydrogen-bond acceptors (Lipinski definition) is 4. The summed E-state index contributed by atoms with van der Waals surface area (Å²) in [5.74, 6) is 2.20. The third kappa shape index (κ3) is 7.51. The van der Waals surface area contributed by atoms with Crippen molar-refractivity contribution in [3.8, 4) is 0 Å². The van der Waals surface area contributed by atoms with Crippen LogP contribution in [-0.2, 0) is 0 Å². The van der Waals surface area contributed by atoms with E-state index in [0.29, 0.717) is 6.04 Å². The van der Waals surface area contributed by atoms with Crippen LogP contribution in [0.4, 0.5) is 5.00 Å². The molecular formula is C16H29IN4S2. The molecule has 2 heterocycles. The Morgan fingerprint density at radius 2 is 2.17 bits per heavy atom. The van der Waals surface area contributed by atoms with Gasteiger partial charge in [-0.3, -0.25) is 4.99 Å². The highest BCUT2D eigenvalue weighted by molar-refractivity contribution is 14.0. The third-order valence-electron chi connectivity index (χ3n) is 3.94. The predicted molar refractivity (Wildman–Crippen MR) is 117 cm³/mol. The molecule has 7 heteroatoms. The number of thiophene rings is 1. The number of aliphatic imine (C=N–C) groups is 1. The van der Waals surface area contributed by atoms with E-state index in [1.165, 1.54) is 36.4 Å². The lowest BCUT2D eigenvalue weighted by Gasteiger charge is -2.33. The van der Waals surface area contributed by atoms with Crippen LogP contribution in [0.1, 0.15) is 25.7 Å². The fourth-order valence-corrected chi connectivity index (χ4v) is 3.94. The quantitative estimate of drug-likeness (QED) is 0.278. The Morgan fingerprint density at radius 3 is 2.78 bits per heavy atom. The number of anilines is 1. The molecule has 1 saturated heterocycles. The van der Waals surface area contributed by atoms with Gasteiger partial charge in [0.25, 0.3) is 0 Å². The van der Waals surface area contributed by atoms with Crippen LogP contribution in [0.3, 0.4) is 0 Å². The standard InChI is InChI=1S/C16H28N4S2.HI/c1-17-16(18-9-3-4-12-21-2)19-14-7-10-20(11-8-14)15-6-5-13-22-15;/h5-6,13-14H,3-4,7-12H2,1-2H3,(H2,17,18,19);1H. The van der Waals surface area contributed by atoms with Gasteiger partial charge in [-0.25, -0.2) is 0 Å². The van der Waals surface area contributed by atoms with Gasteiger partial charge in [0, 0.05) is 32.7 Å². The smallest absolute Gasteiger partial charge is 0.191 e. The van der Waals surface area contributed by atoms with Crippen molar-refractivity contribution in [1.82, 2.24) is 10.6 Å². The molecule has 0 bridgehead atoms. The van der Waals surface area contributed by atoms with Crippen molar-refractivity contribution in [2.45, 2.75) is 31.7 Å². The average Bonchev–Trinajstić information content (AvgIpc) is 3.08. The lowest BCUT2D eigenvalue weighted by Crippen LogP contribution is -2.48. The van der Waals surface area contributed by atoms with Gasteiger partial charge in [-0.15, -0.1) is 35.3 Å². The zero-order valence-electron chi connectivity index (χ0n) is 14.1. The van der Waals surface area contributed by atoms with Gasteiger partial charge in [0.05, 0.1) is 5.00 Å². The van der Waals surface area contributed by atoms with Crippen molar-refractivity contribution < 1.29 is 0 Å². The summed E-state index contributed by atoms with van der Waals surface area (Å²) < 4.78 is 0. The van der Waals surface area contributed by atoms with Crippen molar-refractivity contribution in [2.75, 3.05) is 43.6 Å². The van der Waals surface area contributed by atoms with Crippen LogP contribution in [-0.4, -0.2) is 50.7 Å². The Bertz CT molecular complexity index is 431. The first kappa shape index (κ1) is 20.9. The summed E-state index contributed by atoms with van der Waals surface area (Å²) in [6.07, 6.45) is 6.98. The van der Waals surface area contributed by atoms with Crippen molar-refractivity contribution in [2.24, 2.45) is 4.99 Å². The van der Waals surface area contributed by atoms with E-state index in [0.717, 1.165) is 25.6 Å². The van der Waals surface area contributed by atoms with Gasteiger partial charge in [0.15, 0.2) is 5.96 Å². The highest BCUT2D eigenvalue weighted by Gasteiger charge is 2.20. The topological polar surface area (TPSA) is 39.7 Å². The second kappa shape index (κ2) is 12.2. The maximum absolute atomic E-state index is 4.35. The molecule has 0 aliphatic carbocycles. The van der Waals surface area contributed by atoms with Crippen LogP contribution in [0.15, 0.2) is 22.5 Å². The average molecular weight is 468 g/mol. The molecule has 0 unspecified atom stereocenters. The van der Waals surface area contributed by atoms with Crippen LogP contribution in [0, 0.1) is 0 Å². The Hall–Kier alpha value is -0.150. The lowest BCUT2D eigenvalue weighted by molar-refractivity contribution is 0.462. The van der Waals surface area contributed by atoms with Gasteiger partial charge < -0.3 is 15.5 Å². The Morgan fingerprint density at radius 1 is 1.39 bits per heavy atom. The Balaban J connectivity index is 0.00000264. The fraction of sp³-hybridized carbons (Fsp3) is 0.688. The molecule has 2 N–H and O–H groups in total. The van der Waals surface area contributed by atoms with Gasteiger partial charge in [0.2, 0.25) is 0 Å². The zero-order valence-corrected chi connectivity index (χ0v) is 18.0. The summed E-state index contributed by atoms with van der Waals surface area (Å²) in [6.45, 7) is 3.26. The molecule has 0 spiro atoms. The summed E-state index contributed by atoms with van der Waals surface area (Å²) in [4.78, 5) is 6.83. The number of rotatable bonds is 7. The second-order valence-electron chi connectivity index (χ2n) is 5.56. The molecule has 0 saturated carbocycles. The minimum absolute atomic E-state index is 0. The number of nitrogens with one attached hydrogen (secondary N) is 2. The SMILES string of the molecule is CN=C(NCCCCSC)NC1CCN(c2cccs2)CC1.I. The largest absolute Gasteiger partial charge is 0.363 e. The molecule has 1 aliphatic rings. The number of guanidine groups is 1. The third-order valence-corrected chi connectivity index (χ3v) is 5.57. The molecule has 2 rings (SSSR count). The van der Waals surface area contributed by atoms with Gasteiger partial charge in [-0.2, -0.15) is 11.8 Å². The molecular weight excluding hydrogens is 439 g/mol. The van der Waals surface area contributed by atoms with Gasteiger partial charge in [0.1, 0.15) is 0 Å². The van der Waals surface area contributed by atoms with Crippen LogP contribution < -0.4 is 15.5 Å². The van der Waals surface area contributed by atoms with Gasteiger partial charge in [-0.1, -0.05) is 0 Å². The van der Waals surface area contributed by atoms with E-state index < -0.39 is 0 Å². The summed E-state index contributed by atoms with van der Waals surface area (Å²) in [5.41, 5.74) is 0. The number of unbranched alkanes of at least 4 members (excludes halogenated alkanes) is 1. The van der Waals surface area contributed by atoms with Crippen molar-refractivity contribution in [1.29, 1.82) is 0 Å². The van der Waals surface area contributed by atoms with E-state index >= 15 is 0 Å². The van der Waals surface area contributed by atoms with Crippen LogP contribution in [0.2, 0.25) is 0 Å². The van der Waals surface area contributed by atoms with Gasteiger partial charge >= 0.3 is 0 Å². The molecule has 0 aromatic carbocycles. The normalized spacial score (nSPS) is 16.1. The van der Waals surface area contributed by atoms with E-state index in [2.05, 4.69) is 44.3 Å². The van der Waals surface area contributed by atoms with Crippen molar-refractivity contribution >= 4 is 58.0 Å². The van der Waals surface area contributed by atoms with Crippen LogP contribution in [0.5, 0.6) is 0 Å². The molecule has 23 heavy (non-hydrogen) atoms. The maximum Gasteiger partial charge on any atom is 0.191 e. The minimum Gasteiger partial charge on any atom is -0.363 e. The minimum atomic E-state index is 0. The molecule has 0 radical (unpaired) electrons. The summed E-state index contributed by atoms with van der Waals surface area (Å²) in [7, 11) is 1.86. The lowest BCUT2D eigenvalue weighted by atomic mass is 10.1. The molecule has 4 nitrogen and oxygen atoms in total. The highest BCUT2D eigenvalue weighted by atomic mass is 127. The van der Waals surface area contributed by atoms with Crippen molar-refractivity contribution in [3.63, 3.8) is 0 Å². The molecule has 0 amide bonds. The molecule has 1 fully saturated rings. The number of halogens is 1. The molecule has 0 atom stereocenters. The summed E-state index contributed by atoms with van der Waals surface area (Å²) in [5, 5.41) is 10.6. The van der Waals surface area contributed by atoms with E-state index in [1.807, 2.05) is 30.1 Å².